The summed E-state index contributed by atoms with van der Waals surface area (Å²) in [6.45, 7) is 8.01. The molecule has 4 rings (SSSR count). The van der Waals surface area contributed by atoms with Crippen molar-refractivity contribution < 1.29 is 4.79 Å². The van der Waals surface area contributed by atoms with Gasteiger partial charge in [0, 0.05) is 22.7 Å². The Morgan fingerprint density at radius 1 is 1.28 bits per heavy atom. The van der Waals surface area contributed by atoms with E-state index >= 15 is 0 Å². The molecule has 3 aromatic rings. The number of anilines is 2. The lowest BCUT2D eigenvalue weighted by molar-refractivity contribution is -0.121. The molecule has 2 unspecified atom stereocenters. The summed E-state index contributed by atoms with van der Waals surface area (Å²) in [4.78, 5) is 13.2. The maximum atomic E-state index is 13.2. The van der Waals surface area contributed by atoms with Crippen LogP contribution in [0.5, 0.6) is 0 Å². The van der Waals surface area contributed by atoms with Crippen LogP contribution in [-0.2, 0) is 24.7 Å². The van der Waals surface area contributed by atoms with Crippen LogP contribution in [0.15, 0.2) is 49.2 Å². The van der Waals surface area contributed by atoms with Crippen molar-refractivity contribution in [2.45, 2.75) is 33.1 Å². The minimum atomic E-state index is -0.126. The van der Waals surface area contributed by atoms with Crippen LogP contribution in [0.1, 0.15) is 37.1 Å². The van der Waals surface area contributed by atoms with Crippen molar-refractivity contribution in [2.75, 3.05) is 11.1 Å². The molecular weight excluding hydrogens is 511 g/mol. The molecular formula is C26H29IN4O. The lowest BCUT2D eigenvalue weighted by Gasteiger charge is -2.27. The number of rotatable bonds is 5. The fourth-order valence-corrected chi connectivity index (χ4v) is 5.35. The van der Waals surface area contributed by atoms with E-state index in [1.165, 1.54) is 5.56 Å². The van der Waals surface area contributed by atoms with Crippen molar-refractivity contribution in [3.8, 4) is 11.1 Å². The first-order valence-corrected chi connectivity index (χ1v) is 12.0. The number of carbonyl (C=O) groups is 1. The maximum absolute atomic E-state index is 13.2. The van der Waals surface area contributed by atoms with Crippen LogP contribution in [0, 0.1) is 15.4 Å². The van der Waals surface area contributed by atoms with Gasteiger partial charge in [-0.05, 0) is 83.0 Å². The number of amides is 1. The molecule has 1 amide bonds. The molecule has 1 aromatic heterocycles. The summed E-state index contributed by atoms with van der Waals surface area (Å²) in [7, 11) is 1.95. The number of nitrogen functional groups attached to an aromatic ring is 1. The van der Waals surface area contributed by atoms with Gasteiger partial charge in [-0.15, -0.1) is 0 Å². The first-order valence-electron chi connectivity index (χ1n) is 10.9. The Hall–Kier alpha value is -2.61. The van der Waals surface area contributed by atoms with Crippen LogP contribution in [0.3, 0.4) is 0 Å². The molecule has 0 fully saturated rings. The van der Waals surface area contributed by atoms with Crippen molar-refractivity contribution in [3.63, 3.8) is 0 Å². The monoisotopic (exact) mass is 540 g/mol. The topological polar surface area (TPSA) is 72.9 Å². The van der Waals surface area contributed by atoms with Crippen LogP contribution >= 0.6 is 22.6 Å². The lowest BCUT2D eigenvalue weighted by Crippen LogP contribution is -2.31. The average Bonchev–Trinajstić information content (AvgIpc) is 3.15. The first-order chi connectivity index (χ1) is 15.2. The highest BCUT2D eigenvalue weighted by atomic mass is 127. The van der Waals surface area contributed by atoms with Crippen molar-refractivity contribution in [3.05, 3.63) is 69.6 Å². The van der Waals surface area contributed by atoms with Crippen LogP contribution < -0.4 is 11.1 Å². The highest BCUT2D eigenvalue weighted by molar-refractivity contribution is 14.1. The maximum Gasteiger partial charge on any atom is 0.227 e. The molecule has 1 heterocycles. The number of hydrogen-bond acceptors (Lipinski definition) is 3. The fraction of sp³-hybridized carbons (Fsp3) is 0.308. The third-order valence-corrected chi connectivity index (χ3v) is 7.58. The minimum absolute atomic E-state index is 0.00813. The van der Waals surface area contributed by atoms with Gasteiger partial charge in [-0.25, -0.2) is 0 Å². The summed E-state index contributed by atoms with van der Waals surface area (Å²) in [6.07, 6.45) is 4.90. The van der Waals surface area contributed by atoms with Gasteiger partial charge in [0.1, 0.15) is 0 Å². The Morgan fingerprint density at radius 3 is 2.69 bits per heavy atom. The Labute approximate surface area is 203 Å². The molecule has 2 aromatic carbocycles. The van der Waals surface area contributed by atoms with Gasteiger partial charge >= 0.3 is 0 Å². The highest BCUT2D eigenvalue weighted by Gasteiger charge is 2.30. The van der Waals surface area contributed by atoms with Crippen LogP contribution in [0.4, 0.5) is 11.4 Å². The SMILES string of the molecule is C=C(C)c1ccc(-c2ccc(N)c(NC(=O)C(C)C3CCc4cn(C)nc4C3)c2I)cc1. The zero-order valence-electron chi connectivity index (χ0n) is 18.8. The molecule has 0 saturated heterocycles. The van der Waals surface area contributed by atoms with Crippen molar-refractivity contribution in [1.82, 2.24) is 9.78 Å². The van der Waals surface area contributed by atoms with E-state index in [0.29, 0.717) is 11.4 Å². The third kappa shape index (κ3) is 4.46. The molecule has 1 aliphatic rings. The van der Waals surface area contributed by atoms with E-state index < -0.39 is 0 Å². The zero-order chi connectivity index (χ0) is 23.0. The zero-order valence-corrected chi connectivity index (χ0v) is 20.9. The van der Waals surface area contributed by atoms with Gasteiger partial charge in [0.05, 0.1) is 17.1 Å². The molecule has 0 aliphatic heterocycles. The van der Waals surface area contributed by atoms with E-state index in [2.05, 4.69) is 70.0 Å². The first kappa shape index (κ1) is 22.6. The van der Waals surface area contributed by atoms with E-state index in [1.54, 1.807) is 0 Å². The second-order valence-corrected chi connectivity index (χ2v) is 9.88. The van der Waals surface area contributed by atoms with Crippen LogP contribution in [-0.4, -0.2) is 15.7 Å². The number of fused-ring (bicyclic) bond motifs is 1. The Balaban J connectivity index is 1.54. The summed E-state index contributed by atoms with van der Waals surface area (Å²) >= 11 is 2.28. The summed E-state index contributed by atoms with van der Waals surface area (Å²) in [5, 5.41) is 7.71. The van der Waals surface area contributed by atoms with Gasteiger partial charge in [-0.1, -0.05) is 49.4 Å². The average molecular weight is 540 g/mol. The second kappa shape index (κ2) is 9.10. The van der Waals surface area contributed by atoms with Crippen LogP contribution in [0.2, 0.25) is 0 Å². The molecule has 0 radical (unpaired) electrons. The molecule has 0 saturated carbocycles. The number of halogens is 1. The number of aryl methyl sites for hydroxylation is 2. The Morgan fingerprint density at radius 2 is 2.00 bits per heavy atom. The Kier molecular flexibility index (Phi) is 6.42. The molecule has 0 bridgehead atoms. The third-order valence-electron chi connectivity index (χ3n) is 6.46. The van der Waals surface area contributed by atoms with E-state index in [-0.39, 0.29) is 17.7 Å². The fourth-order valence-electron chi connectivity index (χ4n) is 4.41. The smallest absolute Gasteiger partial charge is 0.227 e. The van der Waals surface area contributed by atoms with Crippen molar-refractivity contribution in [1.29, 1.82) is 0 Å². The molecule has 5 nitrogen and oxygen atoms in total. The van der Waals surface area contributed by atoms with E-state index in [9.17, 15) is 4.79 Å². The van der Waals surface area contributed by atoms with Gasteiger partial charge in [-0.2, -0.15) is 5.10 Å². The standard InChI is InChI=1S/C26H29IN4O/c1-15(2)17-5-7-18(8-6-17)21-11-12-22(28)25(24(21)27)29-26(32)16(3)19-9-10-20-14-31(4)30-23(20)13-19/h5-8,11-12,14,16,19H,1,9-10,13,28H2,2-4H3,(H,29,32). The van der Waals surface area contributed by atoms with Gasteiger partial charge in [0.2, 0.25) is 5.91 Å². The summed E-state index contributed by atoms with van der Waals surface area (Å²) < 4.78 is 2.82. The molecule has 1 aliphatic carbocycles. The number of benzene rings is 2. The lowest BCUT2D eigenvalue weighted by atomic mass is 9.80. The minimum Gasteiger partial charge on any atom is -0.397 e. The number of nitrogens with one attached hydrogen (secondary N) is 1. The molecule has 0 spiro atoms. The van der Waals surface area contributed by atoms with E-state index in [0.717, 1.165) is 50.8 Å². The number of aromatic nitrogens is 2. The summed E-state index contributed by atoms with van der Waals surface area (Å²) in [5.74, 6) is 0.154. The molecule has 166 valence electrons. The normalized spacial score (nSPS) is 16.3. The highest BCUT2D eigenvalue weighted by Crippen LogP contribution is 2.36. The molecule has 6 heteroatoms. The van der Waals surface area contributed by atoms with Gasteiger partial charge in [0.25, 0.3) is 0 Å². The van der Waals surface area contributed by atoms with Crippen molar-refractivity contribution in [2.24, 2.45) is 18.9 Å². The summed E-state index contributed by atoms with van der Waals surface area (Å²) in [5.41, 5.74) is 14.3. The van der Waals surface area contributed by atoms with Gasteiger partial charge in [0.15, 0.2) is 0 Å². The van der Waals surface area contributed by atoms with Gasteiger partial charge in [-0.3, -0.25) is 9.48 Å². The largest absolute Gasteiger partial charge is 0.397 e. The summed E-state index contributed by atoms with van der Waals surface area (Å²) in [6, 6.07) is 12.2. The number of hydrogen-bond donors (Lipinski definition) is 2. The quantitative estimate of drug-likeness (QED) is 0.323. The molecule has 3 N–H and O–H groups in total. The molecule has 2 atom stereocenters. The number of carbonyl (C=O) groups excluding carboxylic acids is 1. The van der Waals surface area contributed by atoms with Crippen molar-refractivity contribution >= 4 is 45.4 Å². The molecule has 32 heavy (non-hydrogen) atoms. The Bertz CT molecular complexity index is 1180. The van der Waals surface area contributed by atoms with E-state index in [4.69, 9.17) is 5.73 Å². The van der Waals surface area contributed by atoms with Crippen LogP contribution in [0.25, 0.3) is 16.7 Å². The second-order valence-electron chi connectivity index (χ2n) is 8.80. The number of allylic oxidation sites excluding steroid dienone is 1. The van der Waals surface area contributed by atoms with E-state index in [1.807, 2.05) is 37.7 Å². The predicted molar refractivity (Wildman–Crippen MR) is 140 cm³/mol. The predicted octanol–water partition coefficient (Wildman–Crippen LogP) is 5.69. The van der Waals surface area contributed by atoms with Gasteiger partial charge < -0.3 is 11.1 Å². The number of nitrogens with two attached hydrogens (primary N) is 1. The number of nitrogens with zero attached hydrogens (tertiary/aromatic N) is 2.